The van der Waals surface area contributed by atoms with Crippen LogP contribution in [-0.2, 0) is 9.53 Å². The second-order valence-electron chi connectivity index (χ2n) is 6.58. The molecule has 0 amide bonds. The summed E-state index contributed by atoms with van der Waals surface area (Å²) >= 11 is 0. The van der Waals surface area contributed by atoms with E-state index in [-0.39, 0.29) is 11.7 Å². The van der Waals surface area contributed by atoms with Gasteiger partial charge in [-0.3, -0.25) is 9.69 Å². The minimum absolute atomic E-state index is 0.135. The monoisotopic (exact) mass is 282 g/mol. The van der Waals surface area contributed by atoms with Gasteiger partial charge in [0.1, 0.15) is 6.04 Å². The highest BCUT2D eigenvalue weighted by Gasteiger charge is 2.42. The van der Waals surface area contributed by atoms with Crippen LogP contribution >= 0.6 is 0 Å². The summed E-state index contributed by atoms with van der Waals surface area (Å²) in [5.41, 5.74) is 0.135. The quantitative estimate of drug-likeness (QED) is 0.815. The molecule has 2 heterocycles. The van der Waals surface area contributed by atoms with Crippen molar-refractivity contribution in [2.75, 3.05) is 26.2 Å². The van der Waals surface area contributed by atoms with Crippen molar-refractivity contribution in [2.45, 2.75) is 62.7 Å². The molecule has 2 unspecified atom stereocenters. The van der Waals surface area contributed by atoms with Crippen molar-refractivity contribution in [2.24, 2.45) is 0 Å². The van der Waals surface area contributed by atoms with Crippen LogP contribution < -0.4 is 5.32 Å². The molecule has 1 spiro atoms. The van der Waals surface area contributed by atoms with Crippen molar-refractivity contribution in [1.29, 1.82) is 0 Å². The van der Waals surface area contributed by atoms with E-state index >= 15 is 0 Å². The number of ether oxygens (including phenoxy) is 1. The molecule has 0 aromatic carbocycles. The van der Waals surface area contributed by atoms with Gasteiger partial charge in [-0.1, -0.05) is 19.3 Å². The molecule has 2 saturated heterocycles. The summed E-state index contributed by atoms with van der Waals surface area (Å²) < 4.78 is 6.37. The number of nitrogens with zero attached hydrogens (tertiary/aromatic N) is 1. The second kappa shape index (κ2) is 6.00. The molecule has 2 N–H and O–H groups in total. The molecule has 5 nitrogen and oxygen atoms in total. The van der Waals surface area contributed by atoms with Crippen LogP contribution in [0, 0.1) is 0 Å². The van der Waals surface area contributed by atoms with E-state index in [0.29, 0.717) is 6.54 Å². The first kappa shape index (κ1) is 14.3. The first-order chi connectivity index (χ1) is 9.69. The molecule has 114 valence electrons. The molecule has 1 saturated carbocycles. The first-order valence-corrected chi connectivity index (χ1v) is 8.04. The van der Waals surface area contributed by atoms with Crippen molar-refractivity contribution in [3.63, 3.8) is 0 Å². The average molecular weight is 282 g/mol. The molecule has 0 aromatic heterocycles. The molecule has 2 aliphatic heterocycles. The third-order valence-electron chi connectivity index (χ3n) is 5.18. The van der Waals surface area contributed by atoms with Crippen LogP contribution in [0.4, 0.5) is 0 Å². The maximum Gasteiger partial charge on any atom is 0.322 e. The summed E-state index contributed by atoms with van der Waals surface area (Å²) in [5, 5.41) is 12.5. The Hall–Kier alpha value is -0.650. The topological polar surface area (TPSA) is 61.8 Å². The number of nitrogens with one attached hydrogen (secondary N) is 1. The molecule has 3 aliphatic rings. The smallest absolute Gasteiger partial charge is 0.322 e. The Bertz CT molecular complexity index is 355. The lowest BCUT2D eigenvalue weighted by atomic mass is 9.83. The summed E-state index contributed by atoms with van der Waals surface area (Å²) in [6.45, 7) is 3.01. The third-order valence-corrected chi connectivity index (χ3v) is 5.18. The molecular formula is C15H26N2O3. The number of hydrogen-bond acceptors (Lipinski definition) is 4. The molecule has 2 atom stereocenters. The van der Waals surface area contributed by atoms with Gasteiger partial charge in [-0.05, 0) is 25.7 Å². The highest BCUT2D eigenvalue weighted by Crippen LogP contribution is 2.42. The van der Waals surface area contributed by atoms with Crippen LogP contribution in [0.1, 0.15) is 44.9 Å². The Balaban J connectivity index is 1.56. The standard InChI is InChI=1S/C15H26N2O3/c18-14(19)13-10-16-8-9-17(13)11-12-4-7-15(20-12)5-2-1-3-6-15/h12-13,16H,1-11H2,(H,18,19). The lowest BCUT2D eigenvalue weighted by Gasteiger charge is -2.37. The fourth-order valence-electron chi connectivity index (χ4n) is 4.06. The zero-order chi connectivity index (χ0) is 14.0. The van der Waals surface area contributed by atoms with E-state index in [0.717, 1.165) is 26.1 Å². The maximum absolute atomic E-state index is 11.3. The molecular weight excluding hydrogens is 256 g/mol. The van der Waals surface area contributed by atoms with Crippen LogP contribution in [0.15, 0.2) is 0 Å². The molecule has 20 heavy (non-hydrogen) atoms. The first-order valence-electron chi connectivity index (χ1n) is 8.04. The number of aliphatic carboxylic acids is 1. The predicted molar refractivity (Wildman–Crippen MR) is 75.8 cm³/mol. The number of hydrogen-bond donors (Lipinski definition) is 2. The number of carbonyl (C=O) groups is 1. The van der Waals surface area contributed by atoms with Crippen molar-refractivity contribution in [1.82, 2.24) is 10.2 Å². The van der Waals surface area contributed by atoms with Gasteiger partial charge in [0.2, 0.25) is 0 Å². The van der Waals surface area contributed by atoms with Crippen LogP contribution in [-0.4, -0.2) is 59.9 Å². The van der Waals surface area contributed by atoms with Crippen LogP contribution in [0.3, 0.4) is 0 Å². The van der Waals surface area contributed by atoms with Crippen molar-refractivity contribution in [3.8, 4) is 0 Å². The number of carboxylic acid groups (broad SMARTS) is 1. The highest BCUT2D eigenvalue weighted by molar-refractivity contribution is 5.74. The van der Waals surface area contributed by atoms with Crippen LogP contribution in [0.5, 0.6) is 0 Å². The minimum Gasteiger partial charge on any atom is -0.480 e. The van der Waals surface area contributed by atoms with E-state index in [2.05, 4.69) is 10.2 Å². The van der Waals surface area contributed by atoms with Gasteiger partial charge in [0, 0.05) is 26.2 Å². The van der Waals surface area contributed by atoms with Crippen LogP contribution in [0.25, 0.3) is 0 Å². The summed E-state index contributed by atoms with van der Waals surface area (Å²) in [4.78, 5) is 13.4. The highest BCUT2D eigenvalue weighted by atomic mass is 16.5. The fourth-order valence-corrected chi connectivity index (χ4v) is 4.06. The van der Waals surface area contributed by atoms with Gasteiger partial charge in [0.15, 0.2) is 0 Å². The van der Waals surface area contributed by atoms with Crippen molar-refractivity contribution in [3.05, 3.63) is 0 Å². The van der Waals surface area contributed by atoms with Crippen molar-refractivity contribution >= 4 is 5.97 Å². The molecule has 0 aromatic rings. The summed E-state index contributed by atoms with van der Waals surface area (Å²) in [6, 6.07) is -0.393. The van der Waals surface area contributed by atoms with E-state index in [1.807, 2.05) is 0 Å². The normalized spacial score (nSPS) is 34.4. The zero-order valence-electron chi connectivity index (χ0n) is 12.1. The van der Waals surface area contributed by atoms with Crippen molar-refractivity contribution < 1.29 is 14.6 Å². The summed E-state index contributed by atoms with van der Waals surface area (Å²) in [7, 11) is 0. The van der Waals surface area contributed by atoms with E-state index in [1.165, 1.54) is 38.5 Å². The maximum atomic E-state index is 11.3. The Labute approximate surface area is 120 Å². The fraction of sp³-hybridized carbons (Fsp3) is 0.933. The Morgan fingerprint density at radius 3 is 2.85 bits per heavy atom. The summed E-state index contributed by atoms with van der Waals surface area (Å²) in [6.07, 6.45) is 8.82. The second-order valence-corrected chi connectivity index (χ2v) is 6.58. The third kappa shape index (κ3) is 3.00. The van der Waals surface area contributed by atoms with E-state index < -0.39 is 12.0 Å². The molecule has 5 heteroatoms. The average Bonchev–Trinajstić information content (AvgIpc) is 2.82. The van der Waals surface area contributed by atoms with Gasteiger partial charge in [0.05, 0.1) is 11.7 Å². The lowest BCUT2D eigenvalue weighted by Crippen LogP contribution is -2.56. The van der Waals surface area contributed by atoms with Gasteiger partial charge in [-0.25, -0.2) is 0 Å². The minimum atomic E-state index is -0.720. The SMILES string of the molecule is O=C(O)C1CNCCN1CC1CCC2(CCCCC2)O1. The van der Waals surface area contributed by atoms with Gasteiger partial charge < -0.3 is 15.2 Å². The lowest BCUT2D eigenvalue weighted by molar-refractivity contribution is -0.145. The molecule has 0 radical (unpaired) electrons. The number of piperazine rings is 1. The van der Waals surface area contributed by atoms with Gasteiger partial charge in [0.25, 0.3) is 0 Å². The van der Waals surface area contributed by atoms with Crippen LogP contribution in [0.2, 0.25) is 0 Å². The molecule has 3 fully saturated rings. The number of carboxylic acids is 1. The van der Waals surface area contributed by atoms with E-state index in [9.17, 15) is 9.90 Å². The molecule has 3 rings (SSSR count). The van der Waals surface area contributed by atoms with E-state index in [4.69, 9.17) is 4.74 Å². The Morgan fingerprint density at radius 1 is 1.30 bits per heavy atom. The van der Waals surface area contributed by atoms with Gasteiger partial charge in [-0.15, -0.1) is 0 Å². The van der Waals surface area contributed by atoms with Gasteiger partial charge in [-0.2, -0.15) is 0 Å². The summed E-state index contributed by atoms with van der Waals surface area (Å²) in [5.74, 6) is -0.720. The molecule has 0 bridgehead atoms. The molecule has 1 aliphatic carbocycles. The Kier molecular flexibility index (Phi) is 4.29. The largest absolute Gasteiger partial charge is 0.480 e. The van der Waals surface area contributed by atoms with Gasteiger partial charge >= 0.3 is 5.97 Å². The van der Waals surface area contributed by atoms with E-state index in [1.54, 1.807) is 0 Å². The predicted octanol–water partition coefficient (Wildman–Crippen LogP) is 1.23. The number of rotatable bonds is 3. The zero-order valence-corrected chi connectivity index (χ0v) is 12.1. The Morgan fingerprint density at radius 2 is 2.10 bits per heavy atom.